The summed E-state index contributed by atoms with van der Waals surface area (Å²) < 4.78 is 5.49. The van der Waals surface area contributed by atoms with Gasteiger partial charge in [-0.2, -0.15) is 0 Å². The first-order valence-electron chi connectivity index (χ1n) is 4.26. The van der Waals surface area contributed by atoms with Crippen molar-refractivity contribution in [1.82, 2.24) is 4.98 Å². The Morgan fingerprint density at radius 2 is 2.33 bits per heavy atom. The predicted octanol–water partition coefficient (Wildman–Crippen LogP) is 3.04. The van der Waals surface area contributed by atoms with Crippen LogP contribution >= 0.6 is 22.9 Å². The van der Waals surface area contributed by atoms with Gasteiger partial charge in [0, 0.05) is 11.1 Å². The van der Waals surface area contributed by atoms with Crippen LogP contribution in [0.1, 0.15) is 16.1 Å². The smallest absolute Gasteiger partial charge is 0.340 e. The number of halogens is 1. The molecule has 15 heavy (non-hydrogen) atoms. The molecule has 2 rings (SSSR count). The molecule has 0 saturated heterocycles. The van der Waals surface area contributed by atoms with E-state index in [1.165, 1.54) is 18.4 Å². The highest BCUT2D eigenvalue weighted by molar-refractivity contribution is 7.18. The topological polar surface area (TPSA) is 39.2 Å². The van der Waals surface area contributed by atoms with Gasteiger partial charge in [-0.25, -0.2) is 4.79 Å². The molecule has 2 aromatic rings. The van der Waals surface area contributed by atoms with Crippen molar-refractivity contribution < 1.29 is 9.53 Å². The number of carbonyl (C=O) groups is 1. The Hall–Kier alpha value is -1.13. The summed E-state index contributed by atoms with van der Waals surface area (Å²) in [4.78, 5) is 15.7. The van der Waals surface area contributed by atoms with Crippen molar-refractivity contribution >= 4 is 39.1 Å². The van der Waals surface area contributed by atoms with E-state index < -0.39 is 0 Å². The number of aryl methyl sites for hydroxylation is 1. The zero-order valence-electron chi connectivity index (χ0n) is 8.20. The summed E-state index contributed by atoms with van der Waals surface area (Å²) in [6.45, 7) is 1.84. The quantitative estimate of drug-likeness (QED) is 0.721. The molecule has 0 N–H and O–H groups in total. The fraction of sp³-hybridized carbons (Fsp3) is 0.200. The van der Waals surface area contributed by atoms with Gasteiger partial charge in [-0.15, -0.1) is 11.3 Å². The number of ether oxygens (including phenoxy) is 1. The molecule has 0 radical (unpaired) electrons. The third-order valence-corrected chi connectivity index (χ3v) is 3.42. The molecule has 0 aliphatic heterocycles. The van der Waals surface area contributed by atoms with Gasteiger partial charge < -0.3 is 4.74 Å². The van der Waals surface area contributed by atoms with E-state index in [4.69, 9.17) is 11.6 Å². The summed E-state index contributed by atoms with van der Waals surface area (Å²) in [7, 11) is 1.35. The van der Waals surface area contributed by atoms with E-state index in [9.17, 15) is 4.79 Å². The molecule has 0 bridgehead atoms. The van der Waals surface area contributed by atoms with Gasteiger partial charge in [-0.05, 0) is 13.0 Å². The van der Waals surface area contributed by atoms with Crippen LogP contribution in [0.4, 0.5) is 0 Å². The van der Waals surface area contributed by atoms with Crippen molar-refractivity contribution in [2.75, 3.05) is 7.11 Å². The summed E-state index contributed by atoms with van der Waals surface area (Å²) in [5.41, 5.74) is 1.89. The lowest BCUT2D eigenvalue weighted by Gasteiger charge is -1.99. The Labute approximate surface area is 95.6 Å². The number of hydrogen-bond acceptors (Lipinski definition) is 4. The Balaban J connectivity index is 2.74. The molecule has 0 atom stereocenters. The van der Waals surface area contributed by atoms with Gasteiger partial charge in [0.2, 0.25) is 0 Å². The molecule has 0 saturated carbocycles. The van der Waals surface area contributed by atoms with Crippen LogP contribution in [0.5, 0.6) is 0 Å². The number of hydrogen-bond donors (Lipinski definition) is 0. The Bertz CT molecular complexity index is 535. The molecule has 3 nitrogen and oxygen atoms in total. The zero-order chi connectivity index (χ0) is 11.0. The van der Waals surface area contributed by atoms with Gasteiger partial charge >= 0.3 is 5.97 Å². The number of rotatable bonds is 1. The van der Waals surface area contributed by atoms with E-state index >= 15 is 0 Å². The number of fused-ring (bicyclic) bond motifs is 1. The van der Waals surface area contributed by atoms with Crippen LogP contribution in [-0.4, -0.2) is 18.1 Å². The molecule has 0 unspecified atom stereocenters. The molecular formula is C10H8ClNO2S. The van der Waals surface area contributed by atoms with Crippen molar-refractivity contribution in [2.45, 2.75) is 6.92 Å². The lowest BCUT2D eigenvalue weighted by atomic mass is 10.2. The first kappa shape index (κ1) is 10.4. The van der Waals surface area contributed by atoms with E-state index in [1.807, 2.05) is 6.92 Å². The van der Waals surface area contributed by atoms with E-state index in [0.717, 1.165) is 10.4 Å². The number of carbonyl (C=O) groups excluding carboxylic acids is 1. The van der Waals surface area contributed by atoms with Crippen molar-refractivity contribution in [2.24, 2.45) is 0 Å². The normalized spacial score (nSPS) is 10.6. The van der Waals surface area contributed by atoms with Crippen molar-refractivity contribution in [3.05, 3.63) is 27.7 Å². The molecule has 78 valence electrons. The minimum atomic E-state index is -0.379. The van der Waals surface area contributed by atoms with Crippen LogP contribution < -0.4 is 0 Å². The predicted molar refractivity (Wildman–Crippen MR) is 60.7 cm³/mol. The van der Waals surface area contributed by atoms with Gasteiger partial charge in [0.05, 0.1) is 27.9 Å². The fourth-order valence-corrected chi connectivity index (χ4v) is 2.61. The van der Waals surface area contributed by atoms with E-state index in [-0.39, 0.29) is 5.97 Å². The van der Waals surface area contributed by atoms with Gasteiger partial charge in [0.15, 0.2) is 0 Å². The monoisotopic (exact) mass is 241 g/mol. The van der Waals surface area contributed by atoms with E-state index in [1.54, 1.807) is 11.4 Å². The number of nitrogens with zero attached hydrogens (tertiary/aromatic N) is 1. The highest BCUT2D eigenvalue weighted by Crippen LogP contribution is 2.31. The van der Waals surface area contributed by atoms with Gasteiger partial charge in [-0.3, -0.25) is 4.98 Å². The van der Waals surface area contributed by atoms with Gasteiger partial charge in [0.1, 0.15) is 0 Å². The second kappa shape index (κ2) is 3.79. The maximum atomic E-state index is 11.4. The van der Waals surface area contributed by atoms with Crippen LogP contribution in [0.25, 0.3) is 10.2 Å². The second-order valence-electron chi connectivity index (χ2n) is 3.06. The molecule has 0 fully saturated rings. The lowest BCUT2D eigenvalue weighted by Crippen LogP contribution is -2.00. The number of esters is 1. The maximum Gasteiger partial charge on any atom is 0.340 e. The number of pyridine rings is 1. The standard InChI is InChI=1S/C10H8ClNO2S/c1-5-3-7(11)9-8(12-5)6(4-15-9)10(13)14-2/h3-4H,1-2H3. The second-order valence-corrected chi connectivity index (χ2v) is 4.35. The Kier molecular flexibility index (Phi) is 2.63. The number of aromatic nitrogens is 1. The summed E-state index contributed by atoms with van der Waals surface area (Å²) in [5.74, 6) is -0.379. The van der Waals surface area contributed by atoms with Crippen molar-refractivity contribution in [3.8, 4) is 0 Å². The average Bonchev–Trinajstić information content (AvgIpc) is 2.60. The number of thiophene rings is 1. The summed E-state index contributed by atoms with van der Waals surface area (Å²) in [6, 6.07) is 1.78. The van der Waals surface area contributed by atoms with Crippen molar-refractivity contribution in [3.63, 3.8) is 0 Å². The van der Waals surface area contributed by atoms with Crippen LogP contribution in [0.3, 0.4) is 0 Å². The fourth-order valence-electron chi connectivity index (χ4n) is 1.34. The third-order valence-electron chi connectivity index (χ3n) is 2.01. The molecule has 2 aromatic heterocycles. The van der Waals surface area contributed by atoms with Crippen LogP contribution in [0.15, 0.2) is 11.4 Å². The average molecular weight is 242 g/mol. The Morgan fingerprint density at radius 1 is 1.60 bits per heavy atom. The first-order chi connectivity index (χ1) is 7.13. The zero-order valence-corrected chi connectivity index (χ0v) is 9.78. The number of methoxy groups -OCH3 is 1. The molecule has 0 amide bonds. The SMILES string of the molecule is COC(=O)c1csc2c(Cl)cc(C)nc12. The van der Waals surface area contributed by atoms with E-state index in [0.29, 0.717) is 16.1 Å². The molecule has 0 aliphatic rings. The van der Waals surface area contributed by atoms with Crippen molar-refractivity contribution in [1.29, 1.82) is 0 Å². The van der Waals surface area contributed by atoms with Gasteiger partial charge in [-0.1, -0.05) is 11.6 Å². The highest BCUT2D eigenvalue weighted by atomic mass is 35.5. The van der Waals surface area contributed by atoms with Gasteiger partial charge in [0.25, 0.3) is 0 Å². The largest absolute Gasteiger partial charge is 0.465 e. The maximum absolute atomic E-state index is 11.4. The molecule has 0 spiro atoms. The van der Waals surface area contributed by atoms with Crippen LogP contribution in [-0.2, 0) is 4.74 Å². The summed E-state index contributed by atoms with van der Waals surface area (Å²) >= 11 is 7.44. The molecule has 0 aliphatic carbocycles. The Morgan fingerprint density at radius 3 is 3.00 bits per heavy atom. The molecule has 5 heteroatoms. The minimum Gasteiger partial charge on any atom is -0.465 e. The third kappa shape index (κ3) is 1.70. The molecule has 0 aromatic carbocycles. The lowest BCUT2D eigenvalue weighted by molar-refractivity contribution is 0.0603. The van der Waals surface area contributed by atoms with Crippen LogP contribution in [0, 0.1) is 6.92 Å². The highest BCUT2D eigenvalue weighted by Gasteiger charge is 2.15. The minimum absolute atomic E-state index is 0.379. The van der Waals surface area contributed by atoms with Crippen LogP contribution in [0.2, 0.25) is 5.02 Å². The first-order valence-corrected chi connectivity index (χ1v) is 5.52. The molecule has 2 heterocycles. The molecular weight excluding hydrogens is 234 g/mol. The summed E-state index contributed by atoms with van der Waals surface area (Å²) in [6.07, 6.45) is 0. The van der Waals surface area contributed by atoms with E-state index in [2.05, 4.69) is 9.72 Å². The summed E-state index contributed by atoms with van der Waals surface area (Å²) in [5, 5.41) is 2.34.